The van der Waals surface area contributed by atoms with Crippen molar-refractivity contribution in [2.24, 2.45) is 10.4 Å². The molecule has 0 bridgehead atoms. The lowest BCUT2D eigenvalue weighted by atomic mass is 9.64. The number of aromatic nitrogens is 2. The molecule has 1 aliphatic carbocycles. The van der Waals surface area contributed by atoms with Crippen LogP contribution in [0.2, 0.25) is 0 Å². The maximum absolute atomic E-state index is 14.9. The number of benzene rings is 1. The van der Waals surface area contributed by atoms with E-state index in [1.807, 2.05) is 13.8 Å². The van der Waals surface area contributed by atoms with Gasteiger partial charge in [-0.1, -0.05) is 20.3 Å². The highest BCUT2D eigenvalue weighted by atomic mass is 19.4. The molecule has 2 aliphatic rings. The number of hydrogen-bond acceptors (Lipinski definition) is 5. The molecular formula is C24H23F5N4O2. The Morgan fingerprint density at radius 1 is 1.14 bits per heavy atom. The highest BCUT2D eigenvalue weighted by Crippen LogP contribution is 2.57. The molecule has 1 fully saturated rings. The minimum atomic E-state index is -4.49. The molecule has 0 amide bonds. The van der Waals surface area contributed by atoms with E-state index in [4.69, 9.17) is 9.47 Å². The van der Waals surface area contributed by atoms with Crippen LogP contribution in [-0.2, 0) is 10.2 Å². The van der Waals surface area contributed by atoms with Crippen LogP contribution >= 0.6 is 0 Å². The molecule has 186 valence electrons. The van der Waals surface area contributed by atoms with Crippen LogP contribution in [0.3, 0.4) is 0 Å². The molecule has 3 aromatic rings. The molecule has 2 aromatic heterocycles. The summed E-state index contributed by atoms with van der Waals surface area (Å²) < 4.78 is 82.8. The first-order valence-electron chi connectivity index (χ1n) is 11.1. The van der Waals surface area contributed by atoms with Gasteiger partial charge in [-0.2, -0.15) is 13.2 Å². The van der Waals surface area contributed by atoms with Crippen molar-refractivity contribution < 1.29 is 31.4 Å². The number of amidine groups is 1. The molecule has 11 heteroatoms. The van der Waals surface area contributed by atoms with Crippen LogP contribution in [0.4, 0.5) is 27.6 Å². The fourth-order valence-electron chi connectivity index (χ4n) is 4.40. The summed E-state index contributed by atoms with van der Waals surface area (Å²) in [5.41, 5.74) is -2.03. The van der Waals surface area contributed by atoms with Gasteiger partial charge in [-0.25, -0.2) is 18.8 Å². The number of halogens is 5. The van der Waals surface area contributed by atoms with E-state index >= 15 is 0 Å². The van der Waals surface area contributed by atoms with Gasteiger partial charge >= 0.3 is 6.18 Å². The predicted octanol–water partition coefficient (Wildman–Crippen LogP) is 6.44. The Balaban J connectivity index is 1.47. The number of fused-ring (bicyclic) bond motifs is 1. The van der Waals surface area contributed by atoms with E-state index in [9.17, 15) is 22.0 Å². The summed E-state index contributed by atoms with van der Waals surface area (Å²) in [4.78, 5) is 11.0. The standard InChI is InChI=1S/C24H23F5N4O2/c1-22(2)11-32-21(34-12-22)33-13-8-15(25)19(16(26)9-13)35-17-4-7-30-20-18(17)14(10-31-20)23(5-3-6-23)24(27,28)29/h4,7-10H,3,5-6,11-12H2,1-2H3,(H,30,31)(H,32,33). The third kappa shape index (κ3) is 4.06. The summed E-state index contributed by atoms with van der Waals surface area (Å²) in [5.74, 6) is -2.94. The number of H-pyrrole nitrogens is 1. The predicted molar refractivity (Wildman–Crippen MR) is 120 cm³/mol. The van der Waals surface area contributed by atoms with Gasteiger partial charge in [0, 0.05) is 35.6 Å². The van der Waals surface area contributed by atoms with Gasteiger partial charge in [-0.3, -0.25) is 0 Å². The molecule has 0 spiro atoms. The second kappa shape index (κ2) is 8.10. The quantitative estimate of drug-likeness (QED) is 0.410. The van der Waals surface area contributed by atoms with E-state index in [1.54, 1.807) is 0 Å². The molecule has 0 saturated heterocycles. The van der Waals surface area contributed by atoms with Gasteiger partial charge in [0.05, 0.1) is 24.0 Å². The van der Waals surface area contributed by atoms with Crippen LogP contribution < -0.4 is 10.1 Å². The van der Waals surface area contributed by atoms with Crippen molar-refractivity contribution in [1.82, 2.24) is 9.97 Å². The molecule has 1 saturated carbocycles. The lowest BCUT2D eigenvalue weighted by Crippen LogP contribution is -2.47. The number of hydrogen-bond donors (Lipinski definition) is 2. The number of aliphatic imine (C=N–C) groups is 1. The van der Waals surface area contributed by atoms with Gasteiger partial charge < -0.3 is 19.8 Å². The zero-order valence-corrected chi connectivity index (χ0v) is 19.0. The van der Waals surface area contributed by atoms with Gasteiger partial charge in [0.1, 0.15) is 11.4 Å². The van der Waals surface area contributed by atoms with Gasteiger partial charge in [0.15, 0.2) is 17.4 Å². The van der Waals surface area contributed by atoms with Crippen LogP contribution in [0, 0.1) is 17.0 Å². The topological polar surface area (TPSA) is 71.5 Å². The number of ether oxygens (including phenoxy) is 2. The average Bonchev–Trinajstić information content (AvgIpc) is 3.15. The Bertz CT molecular complexity index is 1290. The van der Waals surface area contributed by atoms with Gasteiger partial charge in [0.2, 0.25) is 0 Å². The number of alkyl halides is 3. The Kier molecular flexibility index (Phi) is 5.41. The summed E-state index contributed by atoms with van der Waals surface area (Å²) in [6, 6.07) is 3.44. The monoisotopic (exact) mass is 494 g/mol. The lowest BCUT2D eigenvalue weighted by Gasteiger charge is -2.43. The zero-order chi connectivity index (χ0) is 25.0. The number of nitrogens with zero attached hydrogens (tertiary/aromatic N) is 2. The molecule has 1 aliphatic heterocycles. The average molecular weight is 494 g/mol. The summed E-state index contributed by atoms with van der Waals surface area (Å²) in [6.07, 6.45) is -1.68. The highest BCUT2D eigenvalue weighted by Gasteiger charge is 2.60. The Labute approximate surface area is 197 Å². The third-order valence-corrected chi connectivity index (χ3v) is 6.51. The fraction of sp³-hybridized carbons (Fsp3) is 0.417. The fourth-order valence-corrected chi connectivity index (χ4v) is 4.40. The number of anilines is 1. The van der Waals surface area contributed by atoms with Gasteiger partial charge in [-0.15, -0.1) is 0 Å². The van der Waals surface area contributed by atoms with Crippen LogP contribution in [0.15, 0.2) is 35.6 Å². The van der Waals surface area contributed by atoms with E-state index in [0.717, 1.165) is 12.1 Å². The van der Waals surface area contributed by atoms with Crippen molar-refractivity contribution in [1.29, 1.82) is 0 Å². The second-order valence-electron chi connectivity index (χ2n) is 9.74. The van der Waals surface area contributed by atoms with E-state index < -0.39 is 29.0 Å². The number of aromatic amines is 1. The first kappa shape index (κ1) is 23.4. The number of nitrogens with one attached hydrogen (secondary N) is 2. The maximum Gasteiger partial charge on any atom is 0.398 e. The van der Waals surface area contributed by atoms with Crippen molar-refractivity contribution in [2.75, 3.05) is 18.5 Å². The van der Waals surface area contributed by atoms with Crippen LogP contribution in [-0.4, -0.2) is 35.3 Å². The smallest absolute Gasteiger partial charge is 0.398 e. The van der Waals surface area contributed by atoms with Gasteiger partial charge in [-0.05, 0) is 24.5 Å². The maximum atomic E-state index is 14.9. The van der Waals surface area contributed by atoms with E-state index in [-0.39, 0.29) is 52.3 Å². The first-order chi connectivity index (χ1) is 16.5. The van der Waals surface area contributed by atoms with E-state index in [1.165, 1.54) is 18.5 Å². The summed E-state index contributed by atoms with van der Waals surface area (Å²) in [7, 11) is 0. The van der Waals surface area contributed by atoms with E-state index in [0.29, 0.717) is 19.6 Å². The van der Waals surface area contributed by atoms with Crippen LogP contribution in [0.25, 0.3) is 11.0 Å². The van der Waals surface area contributed by atoms with Crippen LogP contribution in [0.1, 0.15) is 38.7 Å². The van der Waals surface area contributed by atoms with Crippen molar-refractivity contribution in [2.45, 2.75) is 44.7 Å². The second-order valence-corrected chi connectivity index (χ2v) is 9.74. The summed E-state index contributed by atoms with van der Waals surface area (Å²) >= 11 is 0. The molecule has 2 N–H and O–H groups in total. The largest absolute Gasteiger partial charge is 0.464 e. The minimum Gasteiger partial charge on any atom is -0.464 e. The zero-order valence-electron chi connectivity index (χ0n) is 19.0. The Morgan fingerprint density at radius 3 is 2.43 bits per heavy atom. The molecule has 0 radical (unpaired) electrons. The molecule has 0 unspecified atom stereocenters. The Hall–Kier alpha value is -3.37. The normalized spacial score (nSPS) is 19.0. The SMILES string of the molecule is CC1(C)CN=C(Nc2cc(F)c(Oc3ccnc4[nH]cc(C5(C(F)(F)F)CCC5)c34)c(F)c2)OC1. The van der Waals surface area contributed by atoms with Crippen molar-refractivity contribution in [3.8, 4) is 11.5 Å². The van der Waals surface area contributed by atoms with E-state index in [2.05, 4.69) is 20.3 Å². The van der Waals surface area contributed by atoms with Crippen molar-refractivity contribution in [3.63, 3.8) is 0 Å². The molecule has 5 rings (SSSR count). The summed E-state index contributed by atoms with van der Waals surface area (Å²) in [5, 5.41) is 2.78. The molecular weight excluding hydrogens is 471 g/mol. The lowest BCUT2D eigenvalue weighted by molar-refractivity contribution is -0.212. The number of rotatable bonds is 4. The Morgan fingerprint density at radius 2 is 1.86 bits per heavy atom. The third-order valence-electron chi connectivity index (χ3n) is 6.51. The summed E-state index contributed by atoms with van der Waals surface area (Å²) in [6.45, 7) is 4.83. The number of pyridine rings is 1. The van der Waals surface area contributed by atoms with Gasteiger partial charge in [0.25, 0.3) is 6.02 Å². The molecule has 35 heavy (non-hydrogen) atoms. The molecule has 0 atom stereocenters. The molecule has 1 aromatic carbocycles. The molecule has 3 heterocycles. The van der Waals surface area contributed by atoms with Crippen molar-refractivity contribution >= 4 is 22.7 Å². The minimum absolute atomic E-state index is 0.0381. The molecule has 6 nitrogen and oxygen atoms in total. The van der Waals surface area contributed by atoms with Crippen molar-refractivity contribution in [3.05, 3.63) is 47.8 Å². The van der Waals surface area contributed by atoms with Crippen LogP contribution in [0.5, 0.6) is 11.5 Å². The highest BCUT2D eigenvalue weighted by molar-refractivity contribution is 5.90. The first-order valence-corrected chi connectivity index (χ1v) is 11.1.